The van der Waals surface area contributed by atoms with Gasteiger partial charge in [-0.3, -0.25) is 0 Å². The summed E-state index contributed by atoms with van der Waals surface area (Å²) in [5.41, 5.74) is 0.511. The minimum Gasteiger partial charge on any atom is -0.456 e. The van der Waals surface area contributed by atoms with Gasteiger partial charge in [0.2, 0.25) is 0 Å². The van der Waals surface area contributed by atoms with Crippen LogP contribution in [0, 0.1) is 17.1 Å². The Balaban J connectivity index is 2.29. The third kappa shape index (κ3) is 2.81. The van der Waals surface area contributed by atoms with Crippen molar-refractivity contribution in [2.45, 2.75) is 0 Å². The summed E-state index contributed by atoms with van der Waals surface area (Å²) in [5, 5.41) is 8.78. The van der Waals surface area contributed by atoms with Crippen molar-refractivity contribution in [3.8, 4) is 17.6 Å². The van der Waals surface area contributed by atoms with Gasteiger partial charge >= 0.3 is 0 Å². The molecule has 2 aromatic rings. The van der Waals surface area contributed by atoms with Gasteiger partial charge in [0.15, 0.2) is 0 Å². The van der Waals surface area contributed by atoms with E-state index in [1.807, 2.05) is 6.07 Å². The van der Waals surface area contributed by atoms with Gasteiger partial charge in [0, 0.05) is 6.07 Å². The van der Waals surface area contributed by atoms with Crippen molar-refractivity contribution in [2.75, 3.05) is 0 Å². The molecule has 90 valence electrons. The lowest BCUT2D eigenvalue weighted by Crippen LogP contribution is -1.88. The molecule has 0 aromatic heterocycles. The van der Waals surface area contributed by atoms with Crippen LogP contribution in [0.4, 0.5) is 4.39 Å². The van der Waals surface area contributed by atoms with Crippen LogP contribution in [0.3, 0.4) is 0 Å². The second kappa shape index (κ2) is 5.38. The largest absolute Gasteiger partial charge is 0.456 e. The Hall–Kier alpha value is -1.57. The van der Waals surface area contributed by atoms with Gasteiger partial charge in [-0.05, 0) is 46.3 Å². The summed E-state index contributed by atoms with van der Waals surface area (Å²) in [6.45, 7) is 0. The SMILES string of the molecule is N#Cc1ccc(Oc2ccc(Cl)c(F)c2)c(Br)c1. The van der Waals surface area contributed by atoms with Crippen molar-refractivity contribution in [3.63, 3.8) is 0 Å². The van der Waals surface area contributed by atoms with Gasteiger partial charge in [-0.15, -0.1) is 0 Å². The molecule has 0 atom stereocenters. The fraction of sp³-hybridized carbons (Fsp3) is 0. The third-order valence-electron chi connectivity index (χ3n) is 2.18. The van der Waals surface area contributed by atoms with Gasteiger partial charge in [-0.1, -0.05) is 11.6 Å². The van der Waals surface area contributed by atoms with E-state index >= 15 is 0 Å². The number of nitrogens with zero attached hydrogens (tertiary/aromatic N) is 1. The van der Waals surface area contributed by atoms with Crippen molar-refractivity contribution in [2.24, 2.45) is 0 Å². The molecule has 0 saturated heterocycles. The van der Waals surface area contributed by atoms with Crippen molar-refractivity contribution in [1.29, 1.82) is 5.26 Å². The van der Waals surface area contributed by atoms with Crippen LogP contribution in [0.25, 0.3) is 0 Å². The highest BCUT2D eigenvalue weighted by Crippen LogP contribution is 2.31. The summed E-state index contributed by atoms with van der Waals surface area (Å²) >= 11 is 8.86. The molecule has 2 rings (SSSR count). The van der Waals surface area contributed by atoms with Crippen LogP contribution < -0.4 is 4.74 Å². The molecule has 0 radical (unpaired) electrons. The topological polar surface area (TPSA) is 33.0 Å². The Labute approximate surface area is 117 Å². The summed E-state index contributed by atoms with van der Waals surface area (Å²) in [7, 11) is 0. The smallest absolute Gasteiger partial charge is 0.145 e. The molecule has 0 heterocycles. The van der Waals surface area contributed by atoms with E-state index < -0.39 is 5.82 Å². The highest BCUT2D eigenvalue weighted by Gasteiger charge is 2.06. The Morgan fingerprint density at radius 2 is 2.00 bits per heavy atom. The lowest BCUT2D eigenvalue weighted by Gasteiger charge is -2.08. The maximum Gasteiger partial charge on any atom is 0.145 e. The minimum atomic E-state index is -0.543. The van der Waals surface area contributed by atoms with Gasteiger partial charge in [0.1, 0.15) is 17.3 Å². The Morgan fingerprint density at radius 3 is 2.61 bits per heavy atom. The highest BCUT2D eigenvalue weighted by molar-refractivity contribution is 9.10. The van der Waals surface area contributed by atoms with E-state index in [1.165, 1.54) is 12.1 Å². The number of benzene rings is 2. The summed E-state index contributed by atoms with van der Waals surface area (Å²) in [4.78, 5) is 0. The van der Waals surface area contributed by atoms with Crippen molar-refractivity contribution in [3.05, 3.63) is 57.3 Å². The predicted octanol–water partition coefficient (Wildman–Crippen LogP) is 4.91. The Bertz CT molecular complexity index is 639. The van der Waals surface area contributed by atoms with Crippen LogP contribution in [0.15, 0.2) is 40.9 Å². The highest BCUT2D eigenvalue weighted by atomic mass is 79.9. The minimum absolute atomic E-state index is 0.0428. The number of nitriles is 1. The van der Waals surface area contributed by atoms with E-state index in [9.17, 15) is 4.39 Å². The molecule has 5 heteroatoms. The number of rotatable bonds is 2. The Morgan fingerprint density at radius 1 is 1.22 bits per heavy atom. The molecule has 2 aromatic carbocycles. The zero-order valence-electron chi connectivity index (χ0n) is 8.95. The Kier molecular flexibility index (Phi) is 3.85. The molecule has 0 bridgehead atoms. The standard InChI is InChI=1S/C13H6BrClFNO/c14-10-5-8(7-17)1-4-13(10)18-9-2-3-11(15)12(16)6-9/h1-6H. The monoisotopic (exact) mass is 325 g/mol. The number of halogens is 3. The molecule has 0 N–H and O–H groups in total. The lowest BCUT2D eigenvalue weighted by atomic mass is 10.2. The van der Waals surface area contributed by atoms with E-state index in [0.717, 1.165) is 0 Å². The van der Waals surface area contributed by atoms with Crippen LogP contribution in [-0.4, -0.2) is 0 Å². The summed E-state index contributed by atoms with van der Waals surface area (Å²) in [6.07, 6.45) is 0. The second-order valence-electron chi connectivity index (χ2n) is 3.43. The molecule has 0 aliphatic carbocycles. The number of ether oxygens (including phenoxy) is 1. The first-order chi connectivity index (χ1) is 8.60. The van der Waals surface area contributed by atoms with Gasteiger partial charge in [0.05, 0.1) is 21.1 Å². The molecule has 0 saturated carbocycles. The average Bonchev–Trinajstić information content (AvgIpc) is 2.36. The van der Waals surface area contributed by atoms with Crippen LogP contribution in [0.2, 0.25) is 5.02 Å². The van der Waals surface area contributed by atoms with Crippen molar-refractivity contribution >= 4 is 27.5 Å². The molecular formula is C13H6BrClFNO. The molecule has 0 unspecified atom stereocenters. The first-order valence-corrected chi connectivity index (χ1v) is 6.10. The molecule has 18 heavy (non-hydrogen) atoms. The fourth-order valence-electron chi connectivity index (χ4n) is 1.32. The van der Waals surface area contributed by atoms with Gasteiger partial charge in [0.25, 0.3) is 0 Å². The maximum atomic E-state index is 13.2. The maximum absolute atomic E-state index is 13.2. The lowest BCUT2D eigenvalue weighted by molar-refractivity contribution is 0.474. The number of hydrogen-bond acceptors (Lipinski definition) is 2. The van der Waals surface area contributed by atoms with Crippen molar-refractivity contribution in [1.82, 2.24) is 0 Å². The van der Waals surface area contributed by atoms with E-state index in [0.29, 0.717) is 21.5 Å². The van der Waals surface area contributed by atoms with E-state index in [4.69, 9.17) is 21.6 Å². The van der Waals surface area contributed by atoms with Crippen LogP contribution >= 0.6 is 27.5 Å². The number of hydrogen-bond donors (Lipinski definition) is 0. The first kappa shape index (κ1) is 12.9. The average molecular weight is 327 g/mol. The van der Waals surface area contributed by atoms with E-state index in [2.05, 4.69) is 15.9 Å². The summed E-state index contributed by atoms with van der Waals surface area (Å²) < 4.78 is 19.3. The predicted molar refractivity (Wildman–Crippen MR) is 70.3 cm³/mol. The molecule has 0 spiro atoms. The summed E-state index contributed by atoms with van der Waals surface area (Å²) in [6, 6.07) is 11.1. The van der Waals surface area contributed by atoms with Crippen LogP contribution in [0.5, 0.6) is 11.5 Å². The third-order valence-corrected chi connectivity index (χ3v) is 3.11. The van der Waals surface area contributed by atoms with Gasteiger partial charge in [-0.2, -0.15) is 5.26 Å². The van der Waals surface area contributed by atoms with Gasteiger partial charge in [-0.25, -0.2) is 4.39 Å². The second-order valence-corrected chi connectivity index (χ2v) is 4.70. The molecular weight excluding hydrogens is 321 g/mol. The molecule has 0 aliphatic heterocycles. The first-order valence-electron chi connectivity index (χ1n) is 4.92. The normalized spacial score (nSPS) is 9.89. The van der Waals surface area contributed by atoms with Crippen LogP contribution in [-0.2, 0) is 0 Å². The summed E-state index contributed by atoms with van der Waals surface area (Å²) in [5.74, 6) is 0.289. The quantitative estimate of drug-likeness (QED) is 0.786. The van der Waals surface area contributed by atoms with Gasteiger partial charge < -0.3 is 4.74 Å². The fourth-order valence-corrected chi connectivity index (χ4v) is 1.90. The van der Waals surface area contributed by atoms with Crippen molar-refractivity contribution < 1.29 is 9.13 Å². The zero-order chi connectivity index (χ0) is 13.1. The van der Waals surface area contributed by atoms with E-state index in [-0.39, 0.29) is 5.02 Å². The van der Waals surface area contributed by atoms with E-state index in [1.54, 1.807) is 24.3 Å². The molecule has 0 aliphatic rings. The molecule has 0 fully saturated rings. The van der Waals surface area contributed by atoms with Crippen LogP contribution in [0.1, 0.15) is 5.56 Å². The molecule has 2 nitrogen and oxygen atoms in total. The zero-order valence-corrected chi connectivity index (χ0v) is 11.3. The molecule has 0 amide bonds.